The first-order valence-corrected chi connectivity index (χ1v) is 9.90. The first-order chi connectivity index (χ1) is 14.7. The molecule has 30 heavy (non-hydrogen) atoms. The van der Waals surface area contributed by atoms with Gasteiger partial charge in [-0.1, -0.05) is 12.1 Å². The largest absolute Gasteiger partial charge is 0.497 e. The van der Waals surface area contributed by atoms with Gasteiger partial charge in [-0.2, -0.15) is 0 Å². The maximum atomic E-state index is 5.44. The molecule has 156 valence electrons. The van der Waals surface area contributed by atoms with E-state index in [2.05, 4.69) is 20.9 Å². The predicted octanol–water partition coefficient (Wildman–Crippen LogP) is 3.50. The number of nitrogens with zero attached hydrogens (tertiary/aromatic N) is 4. The topological polar surface area (TPSA) is 60.0 Å². The fourth-order valence-corrected chi connectivity index (χ4v) is 3.64. The van der Waals surface area contributed by atoms with Crippen molar-refractivity contribution >= 4 is 11.5 Å². The van der Waals surface area contributed by atoms with Crippen LogP contribution in [-0.4, -0.2) is 57.5 Å². The average Bonchev–Trinajstić information content (AvgIpc) is 2.83. The molecular weight excluding hydrogens is 380 g/mol. The van der Waals surface area contributed by atoms with E-state index in [-0.39, 0.29) is 0 Å². The van der Waals surface area contributed by atoms with E-state index in [1.165, 1.54) is 0 Å². The Morgan fingerprint density at radius 2 is 1.53 bits per heavy atom. The third kappa shape index (κ3) is 4.10. The van der Waals surface area contributed by atoms with Crippen LogP contribution in [0.5, 0.6) is 17.2 Å². The highest BCUT2D eigenvalue weighted by molar-refractivity contribution is 5.62. The van der Waals surface area contributed by atoms with Crippen LogP contribution in [0.4, 0.5) is 11.5 Å². The zero-order valence-corrected chi connectivity index (χ0v) is 17.5. The number of benzene rings is 2. The molecule has 1 aliphatic heterocycles. The summed E-state index contributed by atoms with van der Waals surface area (Å²) in [5.41, 5.74) is 2.96. The number of methoxy groups -OCH3 is 3. The van der Waals surface area contributed by atoms with E-state index in [4.69, 9.17) is 19.2 Å². The highest BCUT2D eigenvalue weighted by Crippen LogP contribution is 2.32. The van der Waals surface area contributed by atoms with E-state index in [1.54, 1.807) is 27.5 Å². The molecule has 0 saturated carbocycles. The van der Waals surface area contributed by atoms with Crippen molar-refractivity contribution in [3.63, 3.8) is 0 Å². The smallest absolute Gasteiger partial charge is 0.162 e. The molecule has 1 aromatic heterocycles. The maximum absolute atomic E-state index is 5.44. The molecule has 7 nitrogen and oxygen atoms in total. The number of hydrogen-bond donors (Lipinski definition) is 0. The highest BCUT2D eigenvalue weighted by atomic mass is 16.5. The van der Waals surface area contributed by atoms with E-state index in [1.807, 2.05) is 42.6 Å². The van der Waals surface area contributed by atoms with E-state index >= 15 is 0 Å². The molecule has 0 unspecified atom stereocenters. The number of hydrogen-bond acceptors (Lipinski definition) is 7. The van der Waals surface area contributed by atoms with Gasteiger partial charge in [-0.15, -0.1) is 0 Å². The second kappa shape index (κ2) is 8.90. The molecule has 0 amide bonds. The minimum atomic E-state index is 0.740. The van der Waals surface area contributed by atoms with Gasteiger partial charge in [0.15, 0.2) is 11.5 Å². The van der Waals surface area contributed by atoms with Gasteiger partial charge in [-0.25, -0.2) is 4.98 Å². The second-order valence-corrected chi connectivity index (χ2v) is 7.01. The van der Waals surface area contributed by atoms with Crippen LogP contribution in [0, 0.1) is 0 Å². The predicted molar refractivity (Wildman–Crippen MR) is 118 cm³/mol. The minimum absolute atomic E-state index is 0.740. The number of ether oxygens (including phenoxy) is 3. The molecule has 0 N–H and O–H groups in total. The normalized spacial score (nSPS) is 13.8. The van der Waals surface area contributed by atoms with Gasteiger partial charge >= 0.3 is 0 Å². The highest BCUT2D eigenvalue weighted by Gasteiger charge is 2.20. The van der Waals surface area contributed by atoms with Gasteiger partial charge in [0, 0.05) is 43.5 Å². The van der Waals surface area contributed by atoms with Crippen LogP contribution in [0.3, 0.4) is 0 Å². The molecule has 0 bridgehead atoms. The molecule has 2 heterocycles. The van der Waals surface area contributed by atoms with Crippen molar-refractivity contribution in [2.75, 3.05) is 57.3 Å². The quantitative estimate of drug-likeness (QED) is 0.621. The van der Waals surface area contributed by atoms with Gasteiger partial charge in [0.1, 0.15) is 11.6 Å². The maximum Gasteiger partial charge on any atom is 0.162 e. The Kier molecular flexibility index (Phi) is 5.88. The third-order valence-corrected chi connectivity index (χ3v) is 5.32. The van der Waals surface area contributed by atoms with E-state index in [0.29, 0.717) is 0 Å². The van der Waals surface area contributed by atoms with E-state index in [9.17, 15) is 0 Å². The van der Waals surface area contributed by atoms with E-state index in [0.717, 1.165) is 66.2 Å². The zero-order valence-electron chi connectivity index (χ0n) is 17.5. The average molecular weight is 406 g/mol. The van der Waals surface area contributed by atoms with Crippen LogP contribution in [0.2, 0.25) is 0 Å². The summed E-state index contributed by atoms with van der Waals surface area (Å²) in [5.74, 6) is 3.18. The number of piperazine rings is 1. The lowest BCUT2D eigenvalue weighted by atomic mass is 10.1. The molecular formula is C23H26N4O3. The molecule has 1 fully saturated rings. The second-order valence-electron chi connectivity index (χ2n) is 7.01. The minimum Gasteiger partial charge on any atom is -0.497 e. The molecule has 3 aromatic rings. The Labute approximate surface area is 176 Å². The van der Waals surface area contributed by atoms with Crippen LogP contribution in [0.25, 0.3) is 11.3 Å². The third-order valence-electron chi connectivity index (χ3n) is 5.32. The first kappa shape index (κ1) is 19.8. The Balaban J connectivity index is 1.47. The van der Waals surface area contributed by atoms with Crippen molar-refractivity contribution in [1.82, 2.24) is 9.97 Å². The molecule has 2 aromatic carbocycles. The summed E-state index contributed by atoms with van der Waals surface area (Å²) in [5, 5.41) is 0. The standard InChI is InChI=1S/C23H26N4O3/c1-28-19-6-4-5-17(13-19)20-15-24-16-23(25-20)27-11-9-26(10-12-27)18-7-8-21(29-2)22(14-18)30-3/h4-8,13-16H,9-12H2,1-3H3. The van der Waals surface area contributed by atoms with Gasteiger partial charge in [0.25, 0.3) is 0 Å². The monoisotopic (exact) mass is 406 g/mol. The van der Waals surface area contributed by atoms with Crippen LogP contribution in [-0.2, 0) is 0 Å². The van der Waals surface area contributed by atoms with Crippen molar-refractivity contribution in [2.24, 2.45) is 0 Å². The summed E-state index contributed by atoms with van der Waals surface area (Å²) in [6, 6.07) is 13.9. The Bertz CT molecular complexity index is 1000. The molecule has 4 rings (SSSR count). The summed E-state index contributed by atoms with van der Waals surface area (Å²) in [4.78, 5) is 13.9. The summed E-state index contributed by atoms with van der Waals surface area (Å²) < 4.78 is 16.1. The van der Waals surface area contributed by atoms with Crippen LogP contribution in [0.1, 0.15) is 0 Å². The Hall–Kier alpha value is -3.48. The lowest BCUT2D eigenvalue weighted by molar-refractivity contribution is 0.355. The summed E-state index contributed by atoms with van der Waals surface area (Å²) >= 11 is 0. The van der Waals surface area contributed by atoms with Crippen molar-refractivity contribution in [2.45, 2.75) is 0 Å². The van der Waals surface area contributed by atoms with Crippen molar-refractivity contribution < 1.29 is 14.2 Å². The molecule has 0 aliphatic carbocycles. The zero-order chi connectivity index (χ0) is 20.9. The summed E-state index contributed by atoms with van der Waals surface area (Å²) in [6.45, 7) is 3.51. The fourth-order valence-electron chi connectivity index (χ4n) is 3.64. The first-order valence-electron chi connectivity index (χ1n) is 9.90. The number of anilines is 2. The van der Waals surface area contributed by atoms with E-state index < -0.39 is 0 Å². The van der Waals surface area contributed by atoms with Crippen molar-refractivity contribution in [3.05, 3.63) is 54.9 Å². The molecule has 7 heteroatoms. The number of rotatable bonds is 6. The van der Waals surface area contributed by atoms with Crippen LogP contribution in [0.15, 0.2) is 54.9 Å². The van der Waals surface area contributed by atoms with Gasteiger partial charge in [-0.05, 0) is 24.3 Å². The van der Waals surface area contributed by atoms with Crippen molar-refractivity contribution in [1.29, 1.82) is 0 Å². The molecule has 1 aliphatic rings. The van der Waals surface area contributed by atoms with Gasteiger partial charge < -0.3 is 24.0 Å². The lowest BCUT2D eigenvalue weighted by Gasteiger charge is -2.36. The van der Waals surface area contributed by atoms with Gasteiger partial charge in [0.2, 0.25) is 0 Å². The fraction of sp³-hybridized carbons (Fsp3) is 0.304. The SMILES string of the molecule is COc1cccc(-c2cncc(N3CCN(c4ccc(OC)c(OC)c4)CC3)n2)c1. The van der Waals surface area contributed by atoms with Gasteiger partial charge in [-0.3, -0.25) is 4.98 Å². The molecule has 0 spiro atoms. The Morgan fingerprint density at radius 3 is 2.27 bits per heavy atom. The summed E-state index contributed by atoms with van der Waals surface area (Å²) in [6.07, 6.45) is 3.62. The molecule has 1 saturated heterocycles. The van der Waals surface area contributed by atoms with Crippen LogP contribution < -0.4 is 24.0 Å². The Morgan fingerprint density at radius 1 is 0.767 bits per heavy atom. The lowest BCUT2D eigenvalue weighted by Crippen LogP contribution is -2.46. The molecule has 0 radical (unpaired) electrons. The molecule has 0 atom stereocenters. The van der Waals surface area contributed by atoms with Gasteiger partial charge in [0.05, 0.1) is 39.4 Å². The number of aromatic nitrogens is 2. The van der Waals surface area contributed by atoms with Crippen LogP contribution >= 0.6 is 0 Å². The summed E-state index contributed by atoms with van der Waals surface area (Å²) in [7, 11) is 4.98. The van der Waals surface area contributed by atoms with Crippen molar-refractivity contribution in [3.8, 4) is 28.5 Å².